The number of halogens is 1. The molecule has 0 aliphatic carbocycles. The van der Waals surface area contributed by atoms with Gasteiger partial charge in [0.05, 0.1) is 36.6 Å². The Balaban J connectivity index is 1.69. The van der Waals surface area contributed by atoms with Crippen molar-refractivity contribution in [2.24, 2.45) is 4.99 Å². The highest BCUT2D eigenvalue weighted by Crippen LogP contribution is 2.38. The molecule has 2 aromatic carbocycles. The van der Waals surface area contributed by atoms with Crippen LogP contribution in [0.2, 0.25) is 5.02 Å². The van der Waals surface area contributed by atoms with Gasteiger partial charge >= 0.3 is 5.97 Å². The lowest BCUT2D eigenvalue weighted by atomic mass is 9.95. The highest BCUT2D eigenvalue weighted by molar-refractivity contribution is 7.07. The molecule has 0 fully saturated rings. The Labute approximate surface area is 239 Å². The number of nitrogens with zero attached hydrogens (tertiary/aromatic N) is 2. The van der Waals surface area contributed by atoms with Crippen LogP contribution in [0.4, 0.5) is 0 Å². The van der Waals surface area contributed by atoms with Crippen LogP contribution in [0.3, 0.4) is 0 Å². The van der Waals surface area contributed by atoms with Gasteiger partial charge in [-0.15, -0.1) is 0 Å². The van der Waals surface area contributed by atoms with E-state index in [1.54, 1.807) is 51.3 Å². The summed E-state index contributed by atoms with van der Waals surface area (Å²) in [5.74, 6) is 1.62. The average molecular weight is 579 g/mol. The zero-order valence-electron chi connectivity index (χ0n) is 22.6. The van der Waals surface area contributed by atoms with Crippen molar-refractivity contribution in [3.63, 3.8) is 0 Å². The molecular weight excluding hydrogens is 552 g/mol. The fourth-order valence-electron chi connectivity index (χ4n) is 4.70. The van der Waals surface area contributed by atoms with Crippen molar-refractivity contribution in [2.75, 3.05) is 20.8 Å². The lowest BCUT2D eigenvalue weighted by Gasteiger charge is -2.26. The van der Waals surface area contributed by atoms with Gasteiger partial charge in [-0.2, -0.15) is 0 Å². The van der Waals surface area contributed by atoms with E-state index in [-0.39, 0.29) is 17.7 Å². The summed E-state index contributed by atoms with van der Waals surface area (Å²) in [7, 11) is 3.08. The fourth-order valence-corrected chi connectivity index (χ4v) is 5.90. The van der Waals surface area contributed by atoms with Crippen LogP contribution in [0.15, 0.2) is 74.0 Å². The van der Waals surface area contributed by atoms with E-state index in [1.165, 1.54) is 23.0 Å². The van der Waals surface area contributed by atoms with Gasteiger partial charge in [0, 0.05) is 22.2 Å². The summed E-state index contributed by atoms with van der Waals surface area (Å²) < 4.78 is 24.4. The van der Waals surface area contributed by atoms with E-state index in [1.807, 2.05) is 31.2 Å². The Kier molecular flexibility index (Phi) is 7.69. The standard InChI is InChI=1S/C30H27ClN2O6S/c1-6-38-29(35)26-17(3)32-30-33(27(26)22-14-19(36-4)9-11-23(22)37-5)28(34)25(40-30)15-20-10-12-24(39-20)21-13-18(31)8-7-16(21)2/h7-15,27H,6H2,1-5H3/b25-15-/t27-/m1/s1. The summed E-state index contributed by atoms with van der Waals surface area (Å²) in [5.41, 5.74) is 2.84. The summed E-state index contributed by atoms with van der Waals surface area (Å²) >= 11 is 7.41. The number of thiazole rings is 1. The van der Waals surface area contributed by atoms with Crippen LogP contribution in [-0.4, -0.2) is 31.4 Å². The van der Waals surface area contributed by atoms with Crippen molar-refractivity contribution in [3.8, 4) is 22.8 Å². The van der Waals surface area contributed by atoms with Crippen molar-refractivity contribution >= 4 is 35.0 Å². The molecule has 1 aliphatic rings. The van der Waals surface area contributed by atoms with Crippen molar-refractivity contribution in [2.45, 2.75) is 26.8 Å². The highest BCUT2D eigenvalue weighted by atomic mass is 35.5. The van der Waals surface area contributed by atoms with Gasteiger partial charge in [-0.3, -0.25) is 9.36 Å². The van der Waals surface area contributed by atoms with E-state index < -0.39 is 12.0 Å². The predicted octanol–water partition coefficient (Wildman–Crippen LogP) is 5.04. The molecule has 0 spiro atoms. The molecule has 3 heterocycles. The number of fused-ring (bicyclic) bond motifs is 1. The lowest BCUT2D eigenvalue weighted by Crippen LogP contribution is -2.40. The molecule has 4 aromatic rings. The van der Waals surface area contributed by atoms with E-state index in [0.29, 0.717) is 48.6 Å². The zero-order valence-corrected chi connectivity index (χ0v) is 24.2. The van der Waals surface area contributed by atoms with Gasteiger partial charge in [-0.25, -0.2) is 9.79 Å². The van der Waals surface area contributed by atoms with Crippen molar-refractivity contribution in [1.29, 1.82) is 0 Å². The van der Waals surface area contributed by atoms with Crippen LogP contribution in [0, 0.1) is 6.92 Å². The van der Waals surface area contributed by atoms with Gasteiger partial charge in [-0.05, 0) is 68.8 Å². The number of hydrogen-bond acceptors (Lipinski definition) is 8. The Morgan fingerprint density at radius 2 is 1.93 bits per heavy atom. The van der Waals surface area contributed by atoms with Gasteiger partial charge < -0.3 is 18.6 Å². The highest BCUT2D eigenvalue weighted by Gasteiger charge is 2.35. The first-order valence-corrected chi connectivity index (χ1v) is 13.7. The summed E-state index contributed by atoms with van der Waals surface area (Å²) in [6.45, 7) is 5.61. The first-order chi connectivity index (χ1) is 19.2. The van der Waals surface area contributed by atoms with E-state index >= 15 is 0 Å². The van der Waals surface area contributed by atoms with E-state index in [9.17, 15) is 9.59 Å². The molecular formula is C30H27ClN2O6S. The van der Waals surface area contributed by atoms with Crippen molar-refractivity contribution in [3.05, 3.63) is 101 Å². The monoisotopic (exact) mass is 578 g/mol. The number of aryl methyl sites for hydroxylation is 1. The predicted molar refractivity (Wildman–Crippen MR) is 154 cm³/mol. The van der Waals surface area contributed by atoms with Crippen LogP contribution in [0.1, 0.15) is 36.8 Å². The third kappa shape index (κ3) is 4.98. The van der Waals surface area contributed by atoms with Gasteiger partial charge in [-0.1, -0.05) is 29.0 Å². The van der Waals surface area contributed by atoms with Crippen molar-refractivity contribution < 1.29 is 23.4 Å². The van der Waals surface area contributed by atoms with E-state index in [4.69, 9.17) is 30.2 Å². The third-order valence-corrected chi connectivity index (χ3v) is 7.83. The van der Waals surface area contributed by atoms with Crippen LogP contribution >= 0.6 is 22.9 Å². The molecule has 2 aromatic heterocycles. The average Bonchev–Trinajstić information content (AvgIpc) is 3.53. The number of methoxy groups -OCH3 is 2. The number of hydrogen-bond donors (Lipinski definition) is 0. The van der Waals surface area contributed by atoms with Crippen LogP contribution in [0.5, 0.6) is 11.5 Å². The molecule has 5 rings (SSSR count). The molecule has 8 nitrogen and oxygen atoms in total. The second kappa shape index (κ2) is 11.2. The third-order valence-electron chi connectivity index (χ3n) is 6.61. The SMILES string of the molecule is CCOC(=O)C1=C(C)N=c2s/c(=C\c3ccc(-c4cc(Cl)ccc4C)o3)c(=O)n2[C@@H]1c1cc(OC)ccc1OC. The Hall–Kier alpha value is -4.08. The summed E-state index contributed by atoms with van der Waals surface area (Å²) in [6, 6.07) is 13.6. The normalized spacial score (nSPS) is 15.1. The molecule has 1 atom stereocenters. The number of carbonyl (C=O) groups is 1. The Morgan fingerprint density at radius 3 is 2.65 bits per heavy atom. The van der Waals surface area contributed by atoms with Crippen LogP contribution < -0.4 is 24.4 Å². The summed E-state index contributed by atoms with van der Waals surface area (Å²) in [5, 5.41) is 0.604. The number of carbonyl (C=O) groups excluding carboxylic acids is 1. The molecule has 206 valence electrons. The first kappa shape index (κ1) is 27.5. The summed E-state index contributed by atoms with van der Waals surface area (Å²) in [4.78, 5) is 32.2. The molecule has 0 unspecified atom stereocenters. The van der Waals surface area contributed by atoms with E-state index in [2.05, 4.69) is 4.99 Å². The molecule has 0 N–H and O–H groups in total. The molecule has 0 bridgehead atoms. The van der Waals surface area contributed by atoms with Gasteiger partial charge in [0.1, 0.15) is 29.1 Å². The molecule has 0 amide bonds. The number of ether oxygens (including phenoxy) is 3. The molecule has 1 aliphatic heterocycles. The largest absolute Gasteiger partial charge is 0.497 e. The van der Waals surface area contributed by atoms with Gasteiger partial charge in [0.2, 0.25) is 0 Å². The Morgan fingerprint density at radius 1 is 1.12 bits per heavy atom. The minimum Gasteiger partial charge on any atom is -0.497 e. The molecule has 0 radical (unpaired) electrons. The maximum atomic E-state index is 13.9. The lowest BCUT2D eigenvalue weighted by molar-refractivity contribution is -0.139. The molecule has 0 saturated heterocycles. The van der Waals surface area contributed by atoms with Gasteiger partial charge in [0.25, 0.3) is 5.56 Å². The van der Waals surface area contributed by atoms with Crippen LogP contribution in [-0.2, 0) is 9.53 Å². The molecule has 10 heteroatoms. The number of aromatic nitrogens is 1. The maximum Gasteiger partial charge on any atom is 0.338 e. The number of allylic oxidation sites excluding steroid dienone is 1. The number of benzene rings is 2. The molecule has 0 saturated carbocycles. The fraction of sp³-hybridized carbons (Fsp3) is 0.233. The molecule has 40 heavy (non-hydrogen) atoms. The number of rotatable bonds is 7. The minimum absolute atomic E-state index is 0.176. The second-order valence-corrected chi connectivity index (χ2v) is 10.5. The maximum absolute atomic E-state index is 13.9. The second-order valence-electron chi connectivity index (χ2n) is 9.07. The minimum atomic E-state index is -0.844. The van der Waals surface area contributed by atoms with E-state index in [0.717, 1.165) is 11.1 Å². The number of furan rings is 1. The topological polar surface area (TPSA) is 92.3 Å². The quantitative estimate of drug-likeness (QED) is 0.285. The van der Waals surface area contributed by atoms with Gasteiger partial charge in [0.15, 0.2) is 4.80 Å². The first-order valence-electron chi connectivity index (χ1n) is 12.5. The van der Waals surface area contributed by atoms with Crippen molar-refractivity contribution in [1.82, 2.24) is 4.57 Å². The van der Waals surface area contributed by atoms with Crippen LogP contribution in [0.25, 0.3) is 17.4 Å². The summed E-state index contributed by atoms with van der Waals surface area (Å²) in [6.07, 6.45) is 1.68. The Bertz CT molecular complexity index is 1830. The smallest absolute Gasteiger partial charge is 0.338 e. The zero-order chi connectivity index (χ0) is 28.6. The number of esters is 1.